The summed E-state index contributed by atoms with van der Waals surface area (Å²) in [7, 11) is 6.90. The zero-order valence-corrected chi connectivity index (χ0v) is 31.5. The summed E-state index contributed by atoms with van der Waals surface area (Å²) >= 11 is 0. The maximum absolute atomic E-state index is 17.1. The van der Waals surface area contributed by atoms with Gasteiger partial charge in [0.25, 0.3) is 0 Å². The second-order valence-electron chi connectivity index (χ2n) is 16.0. The average Bonchev–Trinajstić information content (AvgIpc) is 3.98. The van der Waals surface area contributed by atoms with Crippen molar-refractivity contribution in [3.05, 3.63) is 119 Å². The van der Waals surface area contributed by atoms with E-state index in [1.807, 2.05) is 0 Å². The Bertz CT molecular complexity index is 1660. The van der Waals surface area contributed by atoms with Gasteiger partial charge in [0.2, 0.25) is 0 Å². The van der Waals surface area contributed by atoms with E-state index in [1.165, 1.54) is 22.3 Å². The fourth-order valence-electron chi connectivity index (χ4n) is 12.3. The van der Waals surface area contributed by atoms with Gasteiger partial charge in [0, 0.05) is 36.0 Å². The molecule has 1 aliphatic carbocycles. The number of Topliss-reactive ketones (excluding diaryl/α,β-unsaturated/α-hetero) is 1. The first-order valence-electron chi connectivity index (χ1n) is 19.6. The van der Waals surface area contributed by atoms with Crippen molar-refractivity contribution < 1.29 is 23.7 Å². The quantitative estimate of drug-likeness (QED) is 0.181. The molecule has 0 radical (unpaired) electrons. The molecule has 4 aromatic rings. The molecule has 4 saturated heterocycles. The Morgan fingerprint density at radius 2 is 0.792 bits per heavy atom. The van der Waals surface area contributed by atoms with Crippen LogP contribution in [0.5, 0.6) is 23.0 Å². The number of methoxy groups -OCH3 is 4. The number of nitrogens with zero attached hydrogens (tertiary/aromatic N) is 2. The van der Waals surface area contributed by atoms with Crippen molar-refractivity contribution in [3.8, 4) is 23.0 Å². The van der Waals surface area contributed by atoms with Gasteiger partial charge >= 0.3 is 0 Å². The van der Waals surface area contributed by atoms with Crippen molar-refractivity contribution in [1.82, 2.24) is 9.80 Å². The van der Waals surface area contributed by atoms with Crippen LogP contribution < -0.4 is 18.9 Å². The van der Waals surface area contributed by atoms with E-state index in [2.05, 4.69) is 107 Å². The number of hydrogen-bond acceptors (Lipinski definition) is 7. The lowest BCUT2D eigenvalue weighted by Gasteiger charge is -2.54. The second kappa shape index (κ2) is 13.5. The van der Waals surface area contributed by atoms with Crippen molar-refractivity contribution in [2.75, 3.05) is 41.5 Å². The summed E-state index contributed by atoms with van der Waals surface area (Å²) in [5.74, 6) is 3.94. The molecular weight excluding hydrogens is 661 g/mol. The third-order valence-corrected chi connectivity index (χ3v) is 14.0. The van der Waals surface area contributed by atoms with Crippen LogP contribution in [0.2, 0.25) is 0 Å². The van der Waals surface area contributed by atoms with Crippen LogP contribution in [0.25, 0.3) is 0 Å². The molecule has 4 aliphatic heterocycles. The van der Waals surface area contributed by atoms with Crippen LogP contribution in [0, 0.1) is 10.8 Å². The molecule has 5 fully saturated rings. The highest BCUT2D eigenvalue weighted by atomic mass is 16.5. The van der Waals surface area contributed by atoms with E-state index in [0.29, 0.717) is 5.78 Å². The van der Waals surface area contributed by atoms with Crippen LogP contribution in [0.15, 0.2) is 97.1 Å². The third kappa shape index (κ3) is 5.10. The topological polar surface area (TPSA) is 60.5 Å². The largest absolute Gasteiger partial charge is 0.497 e. The highest BCUT2D eigenvalue weighted by molar-refractivity contribution is 5.96. The Morgan fingerprint density at radius 3 is 1.11 bits per heavy atom. The van der Waals surface area contributed by atoms with Crippen molar-refractivity contribution in [3.63, 3.8) is 0 Å². The second-order valence-corrected chi connectivity index (χ2v) is 16.0. The lowest BCUT2D eigenvalue weighted by molar-refractivity contribution is -0.151. The Kier molecular flexibility index (Phi) is 8.78. The van der Waals surface area contributed by atoms with Gasteiger partial charge in [-0.1, -0.05) is 55.0 Å². The monoisotopic (exact) mass is 712 g/mol. The van der Waals surface area contributed by atoms with Gasteiger partial charge in [-0.25, -0.2) is 0 Å². The summed E-state index contributed by atoms with van der Waals surface area (Å²) in [6, 6.07) is 35.1. The molecule has 53 heavy (non-hydrogen) atoms. The van der Waals surface area contributed by atoms with Crippen molar-refractivity contribution in [2.45, 2.75) is 80.9 Å². The van der Waals surface area contributed by atoms with E-state index in [-0.39, 0.29) is 36.0 Å². The number of carbonyl (C=O) groups is 1. The average molecular weight is 713 g/mol. The smallest absolute Gasteiger partial charge is 0.150 e. The number of hydrogen-bond donors (Lipinski definition) is 0. The lowest BCUT2D eigenvalue weighted by atomic mass is 9.47. The molecule has 0 aromatic heterocycles. The first kappa shape index (κ1) is 34.4. The minimum Gasteiger partial charge on any atom is -0.497 e. The molecule has 0 amide bonds. The maximum Gasteiger partial charge on any atom is 0.150 e. The van der Waals surface area contributed by atoms with Gasteiger partial charge in [0.1, 0.15) is 28.8 Å². The maximum atomic E-state index is 17.1. The van der Waals surface area contributed by atoms with E-state index < -0.39 is 10.8 Å². The number of ketones is 1. The molecular formula is C46H52N2O5. The number of carbonyl (C=O) groups excluding carboxylic acids is 1. The van der Waals surface area contributed by atoms with Gasteiger partial charge in [-0.3, -0.25) is 14.6 Å². The van der Waals surface area contributed by atoms with Crippen LogP contribution in [-0.2, 0) is 4.79 Å². The first-order chi connectivity index (χ1) is 26.0. The van der Waals surface area contributed by atoms with Crippen LogP contribution in [0.1, 0.15) is 91.1 Å². The van der Waals surface area contributed by atoms with Crippen molar-refractivity contribution >= 4 is 5.78 Å². The summed E-state index contributed by atoms with van der Waals surface area (Å²) in [4.78, 5) is 22.6. The molecule has 0 bridgehead atoms. The Balaban J connectivity index is 1.30. The van der Waals surface area contributed by atoms with E-state index in [0.717, 1.165) is 81.0 Å². The number of ether oxygens (including phenoxy) is 4. The number of fused-ring (bicyclic) bond motifs is 2. The molecule has 4 heterocycles. The molecule has 7 nitrogen and oxygen atoms in total. The van der Waals surface area contributed by atoms with Gasteiger partial charge in [-0.05, 0) is 122 Å². The predicted octanol–water partition coefficient (Wildman–Crippen LogP) is 8.75. The molecule has 8 atom stereocenters. The summed E-state index contributed by atoms with van der Waals surface area (Å²) in [6.07, 6.45) is 7.17. The van der Waals surface area contributed by atoms with E-state index in [9.17, 15) is 0 Å². The van der Waals surface area contributed by atoms with E-state index in [1.54, 1.807) is 28.4 Å². The summed E-state index contributed by atoms with van der Waals surface area (Å²) < 4.78 is 22.6. The normalized spacial score (nSPS) is 32.3. The van der Waals surface area contributed by atoms with Gasteiger partial charge in [0.05, 0.1) is 39.3 Å². The molecule has 8 unspecified atom stereocenters. The predicted molar refractivity (Wildman–Crippen MR) is 206 cm³/mol. The minimum absolute atomic E-state index is 0.0406. The fraction of sp³-hybridized carbons (Fsp3) is 0.457. The van der Waals surface area contributed by atoms with Gasteiger partial charge < -0.3 is 18.9 Å². The van der Waals surface area contributed by atoms with E-state index >= 15 is 4.79 Å². The summed E-state index contributed by atoms with van der Waals surface area (Å²) in [5.41, 5.74) is 3.68. The summed E-state index contributed by atoms with van der Waals surface area (Å²) in [5, 5.41) is 0. The molecule has 9 rings (SSSR count). The molecule has 0 N–H and O–H groups in total. The Labute approximate surface area is 314 Å². The first-order valence-corrected chi connectivity index (χ1v) is 19.6. The van der Waals surface area contributed by atoms with Crippen LogP contribution >= 0.6 is 0 Å². The highest BCUT2D eigenvalue weighted by Gasteiger charge is 2.74. The van der Waals surface area contributed by atoms with Gasteiger partial charge in [-0.15, -0.1) is 0 Å². The van der Waals surface area contributed by atoms with Crippen LogP contribution in [0.3, 0.4) is 0 Å². The SMILES string of the molecule is COc1ccc(C2C3CCCN3C(c3ccc(OC)cc3)C23CCCC2(C3=O)C(c3ccc(OC)cc3)C3CCCN3C2c2ccc(OC)cc2)cc1. The molecule has 1 saturated carbocycles. The zero-order valence-electron chi connectivity index (χ0n) is 31.5. The fourth-order valence-corrected chi connectivity index (χ4v) is 12.3. The molecule has 5 aliphatic rings. The third-order valence-electron chi connectivity index (χ3n) is 14.0. The molecule has 2 spiro atoms. The van der Waals surface area contributed by atoms with E-state index in [4.69, 9.17) is 18.9 Å². The highest BCUT2D eigenvalue weighted by Crippen LogP contribution is 2.73. The van der Waals surface area contributed by atoms with Crippen LogP contribution in [0.4, 0.5) is 0 Å². The van der Waals surface area contributed by atoms with Crippen molar-refractivity contribution in [2.24, 2.45) is 10.8 Å². The molecule has 276 valence electrons. The lowest BCUT2D eigenvalue weighted by Crippen LogP contribution is -2.56. The Morgan fingerprint density at radius 1 is 0.472 bits per heavy atom. The van der Waals surface area contributed by atoms with Gasteiger partial charge in [0.15, 0.2) is 0 Å². The van der Waals surface area contributed by atoms with Gasteiger partial charge in [-0.2, -0.15) is 0 Å². The Hall–Kier alpha value is -4.33. The number of benzene rings is 4. The molecule has 4 aromatic carbocycles. The number of rotatable bonds is 8. The van der Waals surface area contributed by atoms with Crippen LogP contribution in [-0.4, -0.2) is 69.2 Å². The van der Waals surface area contributed by atoms with Crippen molar-refractivity contribution in [1.29, 1.82) is 0 Å². The zero-order chi connectivity index (χ0) is 36.3. The standard InChI is InChI=1S/C46H52N2O5/c1-50-34-18-10-30(11-19-34)40-38-8-5-28-47(38)42(32-14-22-36(52-3)23-15-32)45(40)26-7-27-46(44(45)49)41(31-12-20-35(51-2)21-13-31)39-9-6-29-48(39)43(46)33-16-24-37(53-4)25-17-33/h10-25,38-43H,5-9,26-29H2,1-4H3. The molecule has 7 heteroatoms. The minimum atomic E-state index is -0.637. The summed E-state index contributed by atoms with van der Waals surface area (Å²) in [6.45, 7) is 1.99.